The Balaban J connectivity index is 1.90. The van der Waals surface area contributed by atoms with Crippen LogP contribution in [0.5, 0.6) is 0 Å². The molecule has 0 N–H and O–H groups in total. The van der Waals surface area contributed by atoms with Crippen molar-refractivity contribution in [2.24, 2.45) is 0 Å². The number of fused-ring (bicyclic) bond motifs is 1. The van der Waals surface area contributed by atoms with Gasteiger partial charge in [0.15, 0.2) is 10.8 Å². The summed E-state index contributed by atoms with van der Waals surface area (Å²) in [5.41, 5.74) is -0.137. The summed E-state index contributed by atoms with van der Waals surface area (Å²) in [5.74, 6) is -1.93. The lowest BCUT2D eigenvalue weighted by molar-refractivity contribution is 0.0470. The second kappa shape index (κ2) is 7.32. The van der Waals surface area contributed by atoms with Gasteiger partial charge in [0.2, 0.25) is 15.3 Å². The van der Waals surface area contributed by atoms with Crippen molar-refractivity contribution in [2.45, 2.75) is 49.3 Å². The highest BCUT2D eigenvalue weighted by Crippen LogP contribution is 2.26. The van der Waals surface area contributed by atoms with Crippen LogP contribution in [0.1, 0.15) is 35.7 Å². The third-order valence-corrected chi connectivity index (χ3v) is 6.60. The first kappa shape index (κ1) is 20.2. The summed E-state index contributed by atoms with van der Waals surface area (Å²) in [5, 5.41) is -0.948. The molecule has 0 saturated heterocycles. The summed E-state index contributed by atoms with van der Waals surface area (Å²) in [6.45, 7) is 3.82. The van der Waals surface area contributed by atoms with Gasteiger partial charge in [-0.05, 0) is 44.9 Å². The average molecular weight is 430 g/mol. The molecule has 1 aliphatic carbocycles. The predicted octanol–water partition coefficient (Wildman–Crippen LogP) is 3.02. The number of benzene rings is 1. The van der Waals surface area contributed by atoms with E-state index >= 15 is 0 Å². The van der Waals surface area contributed by atoms with E-state index in [2.05, 4.69) is 4.98 Å². The number of ether oxygens (including phenoxy) is 1. The normalized spacial score (nSPS) is 14.1. The van der Waals surface area contributed by atoms with Gasteiger partial charge in [0.05, 0.1) is 10.3 Å². The van der Waals surface area contributed by atoms with E-state index in [-0.39, 0.29) is 34.1 Å². The maximum Gasteiger partial charge on any atom is 0.343 e. The first-order chi connectivity index (χ1) is 14.2. The minimum Gasteiger partial charge on any atom is -0.459 e. The maximum atomic E-state index is 14.8. The molecule has 7 nitrogen and oxygen atoms in total. The smallest absolute Gasteiger partial charge is 0.343 e. The molecule has 0 aliphatic heterocycles. The number of hydrogen-bond donors (Lipinski definition) is 0. The molecule has 2 aromatic heterocycles. The van der Waals surface area contributed by atoms with Gasteiger partial charge in [-0.1, -0.05) is 17.7 Å². The first-order valence-electron chi connectivity index (χ1n) is 9.48. The fourth-order valence-electron chi connectivity index (χ4n) is 3.07. The summed E-state index contributed by atoms with van der Waals surface area (Å²) in [6, 6.07) is 6.78. The zero-order valence-electron chi connectivity index (χ0n) is 16.4. The van der Waals surface area contributed by atoms with E-state index in [0.29, 0.717) is 0 Å². The van der Waals surface area contributed by atoms with Gasteiger partial charge in [0.25, 0.3) is 0 Å². The molecule has 30 heavy (non-hydrogen) atoms. The highest BCUT2D eigenvalue weighted by atomic mass is 32.2. The molecule has 1 fully saturated rings. The van der Waals surface area contributed by atoms with Crippen LogP contribution in [-0.4, -0.2) is 30.0 Å². The number of hydrogen-bond acceptors (Lipinski definition) is 6. The zero-order valence-corrected chi connectivity index (χ0v) is 17.2. The van der Waals surface area contributed by atoms with Crippen LogP contribution in [0.4, 0.5) is 4.39 Å². The number of carbonyl (C=O) groups excluding carboxylic acids is 1. The molecule has 2 heterocycles. The molecule has 9 heteroatoms. The fourth-order valence-corrected chi connectivity index (χ4v) is 4.31. The van der Waals surface area contributed by atoms with E-state index in [1.807, 2.05) is 0 Å². The van der Waals surface area contributed by atoms with Gasteiger partial charge in [-0.15, -0.1) is 0 Å². The minimum atomic E-state index is -4.24. The van der Waals surface area contributed by atoms with Crippen molar-refractivity contribution < 1.29 is 22.3 Å². The van der Waals surface area contributed by atoms with Crippen molar-refractivity contribution in [3.8, 4) is 0 Å². The largest absolute Gasteiger partial charge is 0.459 e. The molecular formula is C21H19FN2O5S. The Morgan fingerprint density at radius 1 is 1.27 bits per heavy atom. The second-order valence-corrected chi connectivity index (χ2v) is 9.09. The van der Waals surface area contributed by atoms with Crippen molar-refractivity contribution in [3.05, 3.63) is 63.7 Å². The average Bonchev–Trinajstić information content (AvgIpc) is 3.52. The topological polar surface area (TPSA) is 95.3 Å². The Morgan fingerprint density at radius 2 is 1.93 bits per heavy atom. The number of aromatic nitrogens is 2. The van der Waals surface area contributed by atoms with E-state index in [0.717, 1.165) is 24.5 Å². The molecule has 156 valence electrons. The molecule has 4 rings (SSSR count). The van der Waals surface area contributed by atoms with Crippen LogP contribution in [-0.2, 0) is 21.1 Å². The third kappa shape index (κ3) is 3.49. The lowest BCUT2D eigenvalue weighted by Gasteiger charge is -2.13. The number of nitrogens with zero attached hydrogens (tertiary/aromatic N) is 2. The van der Waals surface area contributed by atoms with E-state index in [1.165, 1.54) is 22.9 Å². The molecule has 0 amide bonds. The lowest BCUT2D eigenvalue weighted by atomic mass is 10.2. The van der Waals surface area contributed by atoms with Gasteiger partial charge in [0.1, 0.15) is 17.3 Å². The lowest BCUT2D eigenvalue weighted by Crippen LogP contribution is -2.23. The van der Waals surface area contributed by atoms with Crippen LogP contribution in [0, 0.1) is 12.7 Å². The standard InChI is InChI=1S/C21H19FN2O5S/c1-3-24-11-16(21(26)29-13-6-7-13)18(25)15-10-17(22)20(23-19(15)24)30(27,28)14-8-4-12(2)5-9-14/h4-5,8-11,13H,3,6-7H2,1-2H3. The number of pyridine rings is 2. The highest BCUT2D eigenvalue weighted by Gasteiger charge is 2.30. The van der Waals surface area contributed by atoms with Crippen LogP contribution in [0.3, 0.4) is 0 Å². The van der Waals surface area contributed by atoms with Gasteiger partial charge < -0.3 is 9.30 Å². The molecule has 1 aromatic carbocycles. The molecule has 0 bridgehead atoms. The summed E-state index contributed by atoms with van der Waals surface area (Å²) in [7, 11) is -4.24. The molecule has 0 spiro atoms. The molecule has 0 atom stereocenters. The molecule has 3 aromatic rings. The van der Waals surface area contributed by atoms with E-state index < -0.39 is 32.1 Å². The van der Waals surface area contributed by atoms with Crippen LogP contribution in [0.15, 0.2) is 51.2 Å². The van der Waals surface area contributed by atoms with E-state index in [1.54, 1.807) is 26.0 Å². The Labute approximate surface area is 172 Å². The van der Waals surface area contributed by atoms with Gasteiger partial charge in [-0.2, -0.15) is 0 Å². The summed E-state index contributed by atoms with van der Waals surface area (Å²) in [4.78, 5) is 29.0. The summed E-state index contributed by atoms with van der Waals surface area (Å²) >= 11 is 0. The van der Waals surface area contributed by atoms with Crippen molar-refractivity contribution in [1.29, 1.82) is 0 Å². The van der Waals surface area contributed by atoms with Crippen LogP contribution < -0.4 is 5.43 Å². The zero-order chi connectivity index (χ0) is 21.6. The minimum absolute atomic E-state index is 0.0161. The number of esters is 1. The van der Waals surface area contributed by atoms with Gasteiger partial charge in [-0.25, -0.2) is 22.6 Å². The Hall–Kier alpha value is -3.07. The molecular weight excluding hydrogens is 411 g/mol. The Bertz CT molecular complexity index is 1330. The maximum absolute atomic E-state index is 14.8. The molecule has 0 unspecified atom stereocenters. The number of aryl methyl sites for hydroxylation is 2. The van der Waals surface area contributed by atoms with E-state index in [4.69, 9.17) is 4.74 Å². The van der Waals surface area contributed by atoms with Gasteiger partial charge >= 0.3 is 5.97 Å². The SMILES string of the molecule is CCn1cc(C(=O)OC2CC2)c(=O)c2cc(F)c(S(=O)(=O)c3ccc(C)cc3)nc21. The molecule has 1 aliphatic rings. The Kier molecular flexibility index (Phi) is 4.93. The van der Waals surface area contributed by atoms with Gasteiger partial charge in [-0.3, -0.25) is 4.79 Å². The fraction of sp³-hybridized carbons (Fsp3) is 0.286. The van der Waals surface area contributed by atoms with Crippen LogP contribution >= 0.6 is 0 Å². The number of halogens is 1. The van der Waals surface area contributed by atoms with Crippen molar-refractivity contribution in [2.75, 3.05) is 0 Å². The van der Waals surface area contributed by atoms with Crippen LogP contribution in [0.25, 0.3) is 11.0 Å². The van der Waals surface area contributed by atoms with E-state index in [9.17, 15) is 22.4 Å². The van der Waals surface area contributed by atoms with Crippen LogP contribution in [0.2, 0.25) is 0 Å². The predicted molar refractivity (Wildman–Crippen MR) is 107 cm³/mol. The summed E-state index contributed by atoms with van der Waals surface area (Å²) < 4.78 is 47.3. The van der Waals surface area contributed by atoms with Crippen molar-refractivity contribution in [1.82, 2.24) is 9.55 Å². The Morgan fingerprint density at radius 3 is 2.53 bits per heavy atom. The number of sulfone groups is 1. The number of carbonyl (C=O) groups is 1. The van der Waals surface area contributed by atoms with Gasteiger partial charge in [0, 0.05) is 12.7 Å². The summed E-state index contributed by atoms with van der Waals surface area (Å²) in [6.07, 6.45) is 2.58. The third-order valence-electron chi connectivity index (χ3n) is 4.91. The second-order valence-electron chi connectivity index (χ2n) is 7.23. The highest BCUT2D eigenvalue weighted by molar-refractivity contribution is 7.91. The monoisotopic (exact) mass is 430 g/mol. The quantitative estimate of drug-likeness (QED) is 0.578. The van der Waals surface area contributed by atoms with Crippen molar-refractivity contribution in [3.63, 3.8) is 0 Å². The first-order valence-corrected chi connectivity index (χ1v) is 11.0. The number of rotatable bonds is 5. The van der Waals surface area contributed by atoms with Crippen molar-refractivity contribution >= 4 is 26.8 Å². The molecule has 1 saturated carbocycles. The molecule has 0 radical (unpaired) electrons.